The van der Waals surface area contributed by atoms with E-state index in [1.54, 1.807) is 21.3 Å². The Morgan fingerprint density at radius 1 is 1.12 bits per heavy atom. The molecule has 0 bridgehead atoms. The molecule has 1 rings (SSSR count). The van der Waals surface area contributed by atoms with Gasteiger partial charge >= 0.3 is 0 Å². The summed E-state index contributed by atoms with van der Waals surface area (Å²) >= 11 is 2.21. The average Bonchev–Trinajstić information content (AvgIpc) is 2.27. The van der Waals surface area contributed by atoms with Crippen molar-refractivity contribution in [3.63, 3.8) is 0 Å². The molecule has 1 aromatic carbocycles. The lowest BCUT2D eigenvalue weighted by molar-refractivity contribution is 0.320. The second kappa shape index (κ2) is 6.30. The van der Waals surface area contributed by atoms with Crippen LogP contribution in [0.5, 0.6) is 17.2 Å². The lowest BCUT2D eigenvalue weighted by Crippen LogP contribution is -2.18. The predicted molar refractivity (Wildman–Crippen MR) is 76.2 cm³/mol. The molecule has 96 valence electrons. The zero-order valence-corrected chi connectivity index (χ0v) is 12.7. The van der Waals surface area contributed by atoms with Crippen molar-refractivity contribution in [3.8, 4) is 17.2 Å². The van der Waals surface area contributed by atoms with Gasteiger partial charge < -0.3 is 19.9 Å². The number of rotatable bonds is 5. The summed E-state index contributed by atoms with van der Waals surface area (Å²) in [4.78, 5) is 0. The van der Waals surface area contributed by atoms with E-state index in [1.807, 2.05) is 13.0 Å². The van der Waals surface area contributed by atoms with E-state index in [-0.39, 0.29) is 6.04 Å². The van der Waals surface area contributed by atoms with Crippen molar-refractivity contribution in [1.29, 1.82) is 0 Å². The van der Waals surface area contributed by atoms with Crippen LogP contribution < -0.4 is 19.9 Å². The van der Waals surface area contributed by atoms with E-state index in [0.717, 1.165) is 15.6 Å². The fourth-order valence-electron chi connectivity index (χ4n) is 1.74. The fraction of sp³-hybridized carbons (Fsp3) is 0.500. The Bertz CT molecular complexity index is 394. The summed E-state index contributed by atoms with van der Waals surface area (Å²) in [6.07, 6.45) is 0.736. The SMILES string of the molecule is COc1c(I)cc(C[C@H](C)N)c(OC)c1OC. The molecule has 0 radical (unpaired) electrons. The normalized spacial score (nSPS) is 12.1. The largest absolute Gasteiger partial charge is 0.492 e. The zero-order chi connectivity index (χ0) is 13.0. The van der Waals surface area contributed by atoms with Gasteiger partial charge in [0.1, 0.15) is 0 Å². The number of benzene rings is 1. The topological polar surface area (TPSA) is 53.7 Å². The van der Waals surface area contributed by atoms with Gasteiger partial charge in [0.05, 0.1) is 24.9 Å². The average molecular weight is 351 g/mol. The molecule has 0 aliphatic rings. The first-order chi connectivity index (χ1) is 8.04. The van der Waals surface area contributed by atoms with E-state index < -0.39 is 0 Å². The van der Waals surface area contributed by atoms with Crippen LogP contribution in [0, 0.1) is 3.57 Å². The minimum absolute atomic E-state index is 0.0674. The van der Waals surface area contributed by atoms with Crippen LogP contribution in [0.4, 0.5) is 0 Å². The Morgan fingerprint density at radius 3 is 2.06 bits per heavy atom. The number of methoxy groups -OCH3 is 3. The maximum absolute atomic E-state index is 5.83. The Kier molecular flexibility index (Phi) is 5.32. The molecule has 0 aliphatic carbocycles. The number of halogens is 1. The van der Waals surface area contributed by atoms with Gasteiger partial charge in [-0.1, -0.05) is 0 Å². The summed E-state index contributed by atoms with van der Waals surface area (Å²) < 4.78 is 17.1. The van der Waals surface area contributed by atoms with E-state index in [2.05, 4.69) is 22.6 Å². The van der Waals surface area contributed by atoms with Crippen molar-refractivity contribution >= 4 is 22.6 Å². The number of hydrogen-bond acceptors (Lipinski definition) is 4. The highest BCUT2D eigenvalue weighted by Crippen LogP contribution is 2.43. The monoisotopic (exact) mass is 351 g/mol. The van der Waals surface area contributed by atoms with Crippen LogP contribution in [0.2, 0.25) is 0 Å². The molecule has 17 heavy (non-hydrogen) atoms. The van der Waals surface area contributed by atoms with Crippen LogP contribution in [0.15, 0.2) is 6.07 Å². The van der Waals surface area contributed by atoms with E-state index in [0.29, 0.717) is 17.2 Å². The number of hydrogen-bond donors (Lipinski definition) is 1. The molecule has 5 heteroatoms. The maximum Gasteiger partial charge on any atom is 0.204 e. The molecule has 1 aromatic rings. The third kappa shape index (κ3) is 3.16. The highest BCUT2D eigenvalue weighted by Gasteiger charge is 2.19. The quantitative estimate of drug-likeness (QED) is 0.827. The van der Waals surface area contributed by atoms with Crippen LogP contribution in [0.1, 0.15) is 12.5 Å². The Labute approximate surface area is 116 Å². The van der Waals surface area contributed by atoms with Crippen molar-refractivity contribution in [2.75, 3.05) is 21.3 Å². The summed E-state index contributed by atoms with van der Waals surface area (Å²) in [5.74, 6) is 2.01. The lowest BCUT2D eigenvalue weighted by Gasteiger charge is -2.18. The molecule has 0 saturated carbocycles. The Morgan fingerprint density at radius 2 is 1.65 bits per heavy atom. The van der Waals surface area contributed by atoms with E-state index >= 15 is 0 Å². The minimum atomic E-state index is 0.0674. The van der Waals surface area contributed by atoms with Crippen molar-refractivity contribution in [1.82, 2.24) is 0 Å². The highest BCUT2D eigenvalue weighted by atomic mass is 127. The molecule has 0 aliphatic heterocycles. The van der Waals surface area contributed by atoms with Crippen LogP contribution in [0.25, 0.3) is 0 Å². The van der Waals surface area contributed by atoms with E-state index in [1.165, 1.54) is 0 Å². The lowest BCUT2D eigenvalue weighted by atomic mass is 10.1. The maximum atomic E-state index is 5.83. The third-order valence-corrected chi connectivity index (χ3v) is 3.18. The van der Waals surface area contributed by atoms with Crippen LogP contribution in [-0.4, -0.2) is 27.4 Å². The molecule has 2 N–H and O–H groups in total. The molecule has 0 spiro atoms. The second-order valence-corrected chi connectivity index (χ2v) is 4.96. The minimum Gasteiger partial charge on any atom is -0.492 e. The summed E-state index contributed by atoms with van der Waals surface area (Å²) in [5, 5.41) is 0. The molecular weight excluding hydrogens is 333 g/mol. The molecule has 0 fully saturated rings. The van der Waals surface area contributed by atoms with Gasteiger partial charge in [-0.3, -0.25) is 0 Å². The molecule has 0 heterocycles. The van der Waals surface area contributed by atoms with Gasteiger partial charge in [-0.25, -0.2) is 0 Å². The number of nitrogens with two attached hydrogens (primary N) is 1. The standard InChI is InChI=1S/C12H18INO3/c1-7(14)5-8-6-9(13)11(16-3)12(17-4)10(8)15-2/h6-7H,5,14H2,1-4H3/t7-/m0/s1. The highest BCUT2D eigenvalue weighted by molar-refractivity contribution is 14.1. The second-order valence-electron chi connectivity index (χ2n) is 3.80. The van der Waals surface area contributed by atoms with Gasteiger partial charge in [-0.15, -0.1) is 0 Å². The molecule has 0 unspecified atom stereocenters. The summed E-state index contributed by atoms with van der Waals surface area (Å²) in [7, 11) is 4.84. The van der Waals surface area contributed by atoms with Crippen molar-refractivity contribution in [2.45, 2.75) is 19.4 Å². The van der Waals surface area contributed by atoms with Gasteiger partial charge in [0, 0.05) is 11.6 Å². The zero-order valence-electron chi connectivity index (χ0n) is 10.5. The van der Waals surface area contributed by atoms with E-state index in [9.17, 15) is 0 Å². The van der Waals surface area contributed by atoms with Crippen LogP contribution in [0.3, 0.4) is 0 Å². The summed E-state index contributed by atoms with van der Waals surface area (Å²) in [6.45, 7) is 1.96. The number of ether oxygens (including phenoxy) is 3. The fourth-order valence-corrected chi connectivity index (χ4v) is 2.58. The molecule has 4 nitrogen and oxygen atoms in total. The van der Waals surface area contributed by atoms with Crippen molar-refractivity contribution in [2.24, 2.45) is 5.73 Å². The van der Waals surface area contributed by atoms with Crippen molar-refractivity contribution < 1.29 is 14.2 Å². The summed E-state index contributed by atoms with van der Waals surface area (Å²) in [5.41, 5.74) is 6.86. The van der Waals surface area contributed by atoms with E-state index in [4.69, 9.17) is 19.9 Å². The smallest absolute Gasteiger partial charge is 0.204 e. The molecule has 0 amide bonds. The van der Waals surface area contributed by atoms with Gasteiger partial charge in [0.25, 0.3) is 0 Å². The molecule has 0 aromatic heterocycles. The first kappa shape index (κ1) is 14.4. The summed E-state index contributed by atoms with van der Waals surface area (Å²) in [6, 6.07) is 2.09. The van der Waals surface area contributed by atoms with Crippen LogP contribution >= 0.6 is 22.6 Å². The predicted octanol–water partition coefficient (Wildman–Crippen LogP) is 2.21. The van der Waals surface area contributed by atoms with Gasteiger partial charge in [-0.2, -0.15) is 0 Å². The Hall–Kier alpha value is -0.690. The molecular formula is C12H18INO3. The van der Waals surface area contributed by atoms with Gasteiger partial charge in [0.2, 0.25) is 5.75 Å². The van der Waals surface area contributed by atoms with Crippen LogP contribution in [-0.2, 0) is 6.42 Å². The molecule has 0 saturated heterocycles. The van der Waals surface area contributed by atoms with Gasteiger partial charge in [-0.05, 0) is 42.0 Å². The van der Waals surface area contributed by atoms with Gasteiger partial charge in [0.15, 0.2) is 11.5 Å². The third-order valence-electron chi connectivity index (χ3n) is 2.38. The molecule has 1 atom stereocenters. The first-order valence-electron chi connectivity index (χ1n) is 5.28. The van der Waals surface area contributed by atoms with Crippen molar-refractivity contribution in [3.05, 3.63) is 15.2 Å². The first-order valence-corrected chi connectivity index (χ1v) is 6.35. The Balaban J connectivity index is 3.36.